The molecule has 1 aromatic heterocycles. The second-order valence-electron chi connectivity index (χ2n) is 6.35. The van der Waals surface area contributed by atoms with Gasteiger partial charge in [0.15, 0.2) is 0 Å². The lowest BCUT2D eigenvalue weighted by Gasteiger charge is -2.32. The minimum atomic E-state index is -0.239. The van der Waals surface area contributed by atoms with Crippen LogP contribution in [0.5, 0.6) is 0 Å². The summed E-state index contributed by atoms with van der Waals surface area (Å²) in [5.74, 6) is -0.239. The lowest BCUT2D eigenvalue weighted by atomic mass is 10.0. The van der Waals surface area contributed by atoms with E-state index in [2.05, 4.69) is 11.9 Å². The molecule has 1 aliphatic carbocycles. The second kappa shape index (κ2) is 6.10. The first kappa shape index (κ1) is 14.4. The van der Waals surface area contributed by atoms with Crippen molar-refractivity contribution >= 4 is 11.7 Å². The Labute approximate surface area is 126 Å². The summed E-state index contributed by atoms with van der Waals surface area (Å²) < 4.78 is 7.45. The molecule has 1 unspecified atom stereocenters. The number of nitrogen functional groups attached to an aromatic ring is 1. The van der Waals surface area contributed by atoms with E-state index in [1.54, 1.807) is 6.07 Å². The van der Waals surface area contributed by atoms with E-state index in [0.29, 0.717) is 30.1 Å². The van der Waals surface area contributed by atoms with Crippen LogP contribution in [0.2, 0.25) is 0 Å². The van der Waals surface area contributed by atoms with Crippen LogP contribution in [0, 0.1) is 0 Å². The second-order valence-corrected chi connectivity index (χ2v) is 6.35. The third kappa shape index (κ3) is 3.40. The monoisotopic (exact) mass is 291 g/mol. The summed E-state index contributed by atoms with van der Waals surface area (Å²) in [6, 6.07) is 2.72. The molecule has 1 aromatic rings. The maximum Gasteiger partial charge on any atom is 0.355 e. The molecule has 0 radical (unpaired) electrons. The van der Waals surface area contributed by atoms with Gasteiger partial charge in [-0.05, 0) is 51.8 Å². The number of rotatable bonds is 5. The number of carbonyl (C=O) groups is 1. The summed E-state index contributed by atoms with van der Waals surface area (Å²) in [5, 5.41) is 0. The highest BCUT2D eigenvalue weighted by Crippen LogP contribution is 2.37. The number of nitrogens with zero attached hydrogens (tertiary/aromatic N) is 2. The van der Waals surface area contributed by atoms with Crippen LogP contribution >= 0.6 is 0 Å². The molecule has 1 saturated heterocycles. The Morgan fingerprint density at radius 3 is 2.90 bits per heavy atom. The summed E-state index contributed by atoms with van der Waals surface area (Å²) >= 11 is 0. The van der Waals surface area contributed by atoms with Gasteiger partial charge in [0.1, 0.15) is 5.69 Å². The van der Waals surface area contributed by atoms with Gasteiger partial charge in [0.05, 0.1) is 12.3 Å². The molecular formula is C16H25N3O2. The van der Waals surface area contributed by atoms with Crippen LogP contribution < -0.4 is 5.73 Å². The average Bonchev–Trinajstić information content (AvgIpc) is 3.23. The van der Waals surface area contributed by atoms with Crippen LogP contribution in [0.4, 0.5) is 5.69 Å². The molecule has 21 heavy (non-hydrogen) atoms. The standard InChI is InChI=1S/C16H25N3O2/c1-18-8-3-2-4-13(18)7-9-21-16(20)15-10-12(17)11-19(15)14-5-6-14/h10-11,13-14H,2-9,17H2,1H3. The number of hydrogen-bond donors (Lipinski definition) is 1. The topological polar surface area (TPSA) is 60.5 Å². The zero-order valence-corrected chi connectivity index (χ0v) is 12.8. The van der Waals surface area contributed by atoms with E-state index in [0.717, 1.165) is 25.8 Å². The summed E-state index contributed by atoms with van der Waals surface area (Å²) in [6.07, 6.45) is 8.79. The molecule has 1 atom stereocenters. The fourth-order valence-electron chi connectivity index (χ4n) is 3.19. The Bertz CT molecular complexity index is 508. The number of ether oxygens (including phenoxy) is 1. The molecule has 3 rings (SSSR count). The first-order valence-electron chi connectivity index (χ1n) is 8.00. The van der Waals surface area contributed by atoms with Gasteiger partial charge in [0.2, 0.25) is 0 Å². The van der Waals surface area contributed by atoms with Gasteiger partial charge in [-0.15, -0.1) is 0 Å². The van der Waals surface area contributed by atoms with Crippen molar-refractivity contribution < 1.29 is 9.53 Å². The van der Waals surface area contributed by atoms with Gasteiger partial charge in [-0.25, -0.2) is 4.79 Å². The smallest absolute Gasteiger partial charge is 0.355 e. The molecule has 0 amide bonds. The van der Waals surface area contributed by atoms with E-state index < -0.39 is 0 Å². The van der Waals surface area contributed by atoms with E-state index in [9.17, 15) is 4.79 Å². The van der Waals surface area contributed by atoms with Gasteiger partial charge in [-0.3, -0.25) is 0 Å². The summed E-state index contributed by atoms with van der Waals surface area (Å²) in [6.45, 7) is 1.64. The summed E-state index contributed by atoms with van der Waals surface area (Å²) in [7, 11) is 2.16. The zero-order valence-electron chi connectivity index (χ0n) is 12.8. The van der Waals surface area contributed by atoms with Crippen molar-refractivity contribution in [2.24, 2.45) is 0 Å². The molecule has 0 aromatic carbocycles. The number of esters is 1. The molecular weight excluding hydrogens is 266 g/mol. The van der Waals surface area contributed by atoms with Crippen LogP contribution in [0.3, 0.4) is 0 Å². The lowest BCUT2D eigenvalue weighted by Crippen LogP contribution is -2.37. The molecule has 2 N–H and O–H groups in total. The molecule has 0 spiro atoms. The number of aromatic nitrogens is 1. The zero-order chi connectivity index (χ0) is 14.8. The first-order valence-corrected chi connectivity index (χ1v) is 8.00. The van der Waals surface area contributed by atoms with Crippen LogP contribution in [0.15, 0.2) is 12.3 Å². The van der Waals surface area contributed by atoms with Crippen molar-refractivity contribution in [3.8, 4) is 0 Å². The van der Waals surface area contributed by atoms with Crippen molar-refractivity contribution in [2.75, 3.05) is 25.9 Å². The van der Waals surface area contributed by atoms with Gasteiger partial charge < -0.3 is 19.9 Å². The van der Waals surface area contributed by atoms with E-state index >= 15 is 0 Å². The molecule has 5 heteroatoms. The molecule has 2 heterocycles. The predicted octanol–water partition coefficient (Wildman–Crippen LogP) is 2.44. The third-order valence-electron chi connectivity index (χ3n) is 4.62. The molecule has 5 nitrogen and oxygen atoms in total. The minimum Gasteiger partial charge on any atom is -0.461 e. The largest absolute Gasteiger partial charge is 0.461 e. The quantitative estimate of drug-likeness (QED) is 0.846. The van der Waals surface area contributed by atoms with E-state index in [1.807, 2.05) is 10.8 Å². The minimum absolute atomic E-state index is 0.239. The molecule has 2 fully saturated rings. The predicted molar refractivity (Wildman–Crippen MR) is 82.3 cm³/mol. The van der Waals surface area contributed by atoms with Crippen LogP contribution in [0.25, 0.3) is 0 Å². The Kier molecular flexibility index (Phi) is 4.19. The first-order chi connectivity index (χ1) is 10.1. The fraction of sp³-hybridized carbons (Fsp3) is 0.688. The maximum atomic E-state index is 12.2. The SMILES string of the molecule is CN1CCCCC1CCOC(=O)c1cc(N)cn1C1CC1. The number of piperidine rings is 1. The highest BCUT2D eigenvalue weighted by Gasteiger charge is 2.28. The van der Waals surface area contributed by atoms with Crippen molar-refractivity contribution in [1.82, 2.24) is 9.47 Å². The van der Waals surface area contributed by atoms with E-state index in [-0.39, 0.29) is 5.97 Å². The van der Waals surface area contributed by atoms with Gasteiger partial charge in [-0.2, -0.15) is 0 Å². The third-order valence-corrected chi connectivity index (χ3v) is 4.62. The van der Waals surface area contributed by atoms with Crippen molar-refractivity contribution in [2.45, 2.75) is 50.6 Å². The van der Waals surface area contributed by atoms with Crippen LogP contribution in [-0.4, -0.2) is 41.7 Å². The Morgan fingerprint density at radius 2 is 2.19 bits per heavy atom. The lowest BCUT2D eigenvalue weighted by molar-refractivity contribution is 0.0438. The highest BCUT2D eigenvalue weighted by atomic mass is 16.5. The molecule has 1 saturated carbocycles. The van der Waals surface area contributed by atoms with Crippen molar-refractivity contribution in [3.63, 3.8) is 0 Å². The molecule has 0 bridgehead atoms. The van der Waals surface area contributed by atoms with Crippen molar-refractivity contribution in [3.05, 3.63) is 18.0 Å². The average molecular weight is 291 g/mol. The highest BCUT2D eigenvalue weighted by molar-refractivity contribution is 5.89. The maximum absolute atomic E-state index is 12.2. The van der Waals surface area contributed by atoms with Crippen LogP contribution in [-0.2, 0) is 4.74 Å². The number of anilines is 1. The Morgan fingerprint density at radius 1 is 1.38 bits per heavy atom. The number of nitrogens with two attached hydrogens (primary N) is 1. The Hall–Kier alpha value is -1.49. The van der Waals surface area contributed by atoms with E-state index in [1.165, 1.54) is 19.3 Å². The Balaban J connectivity index is 1.52. The van der Waals surface area contributed by atoms with Crippen LogP contribution in [0.1, 0.15) is 55.1 Å². The molecule has 2 aliphatic rings. The normalized spacial score (nSPS) is 23.2. The fourth-order valence-corrected chi connectivity index (χ4v) is 3.19. The van der Waals surface area contributed by atoms with Crippen molar-refractivity contribution in [1.29, 1.82) is 0 Å². The van der Waals surface area contributed by atoms with Gasteiger partial charge in [-0.1, -0.05) is 6.42 Å². The van der Waals surface area contributed by atoms with Gasteiger partial charge >= 0.3 is 5.97 Å². The summed E-state index contributed by atoms with van der Waals surface area (Å²) in [5.41, 5.74) is 7.05. The van der Waals surface area contributed by atoms with Gasteiger partial charge in [0.25, 0.3) is 0 Å². The number of carbonyl (C=O) groups excluding carboxylic acids is 1. The number of likely N-dealkylation sites (tertiary alicyclic amines) is 1. The van der Waals surface area contributed by atoms with Gasteiger partial charge in [0, 0.05) is 18.3 Å². The van der Waals surface area contributed by atoms with E-state index in [4.69, 9.17) is 10.5 Å². The molecule has 116 valence electrons. The number of hydrogen-bond acceptors (Lipinski definition) is 4. The summed E-state index contributed by atoms with van der Waals surface area (Å²) in [4.78, 5) is 14.6. The molecule has 1 aliphatic heterocycles.